The van der Waals surface area contributed by atoms with Gasteiger partial charge in [-0.25, -0.2) is 0 Å². The molecule has 0 unspecified atom stereocenters. The summed E-state index contributed by atoms with van der Waals surface area (Å²) < 4.78 is 10.6. The summed E-state index contributed by atoms with van der Waals surface area (Å²) >= 11 is 0. The second-order valence-electron chi connectivity index (χ2n) is 4.07. The quantitative estimate of drug-likeness (QED) is 0.752. The molecule has 0 aromatic heterocycles. The molecule has 0 atom stereocenters. The summed E-state index contributed by atoms with van der Waals surface area (Å²) in [7, 11) is 1.60. The minimum atomic E-state index is -0.0667. The maximum absolute atomic E-state index is 12.1. The van der Waals surface area contributed by atoms with Gasteiger partial charge in [-0.15, -0.1) is 0 Å². The Morgan fingerprint density at radius 1 is 1.41 bits per heavy atom. The minimum absolute atomic E-state index is 0.0667. The van der Waals surface area contributed by atoms with Crippen molar-refractivity contribution < 1.29 is 14.3 Å². The van der Waals surface area contributed by atoms with Gasteiger partial charge in [0.05, 0.1) is 13.7 Å². The molecule has 0 N–H and O–H groups in total. The SMILES string of the molecule is COc1cc(C(=O)C2=CCCCO2)ccc1C. The Kier molecular flexibility index (Phi) is 3.47. The summed E-state index contributed by atoms with van der Waals surface area (Å²) in [4.78, 5) is 12.1. The van der Waals surface area contributed by atoms with Crippen LogP contribution in [0.1, 0.15) is 28.8 Å². The molecule has 3 heteroatoms. The first kappa shape index (κ1) is 11.7. The van der Waals surface area contributed by atoms with Crippen molar-refractivity contribution in [2.75, 3.05) is 13.7 Å². The Balaban J connectivity index is 2.27. The van der Waals surface area contributed by atoms with Crippen molar-refractivity contribution in [3.05, 3.63) is 41.2 Å². The predicted molar refractivity (Wildman–Crippen MR) is 65.3 cm³/mol. The summed E-state index contributed by atoms with van der Waals surface area (Å²) in [6.07, 6.45) is 3.75. The van der Waals surface area contributed by atoms with Crippen LogP contribution in [0.3, 0.4) is 0 Å². The van der Waals surface area contributed by atoms with Crippen molar-refractivity contribution in [3.63, 3.8) is 0 Å². The summed E-state index contributed by atoms with van der Waals surface area (Å²) in [5.41, 5.74) is 1.63. The molecule has 0 amide bonds. The molecule has 0 spiro atoms. The van der Waals surface area contributed by atoms with Gasteiger partial charge < -0.3 is 9.47 Å². The Morgan fingerprint density at radius 3 is 2.88 bits per heavy atom. The third-order valence-electron chi connectivity index (χ3n) is 2.83. The lowest BCUT2D eigenvalue weighted by Crippen LogP contribution is -2.11. The van der Waals surface area contributed by atoms with E-state index in [1.165, 1.54) is 0 Å². The Labute approximate surface area is 101 Å². The van der Waals surface area contributed by atoms with Crippen molar-refractivity contribution in [2.45, 2.75) is 19.8 Å². The highest BCUT2D eigenvalue weighted by Gasteiger charge is 2.16. The van der Waals surface area contributed by atoms with Crippen molar-refractivity contribution in [3.8, 4) is 5.75 Å². The first-order valence-corrected chi connectivity index (χ1v) is 5.74. The second kappa shape index (κ2) is 5.04. The zero-order valence-corrected chi connectivity index (χ0v) is 10.2. The van der Waals surface area contributed by atoms with Crippen LogP contribution in [0.15, 0.2) is 30.0 Å². The average molecular weight is 232 g/mol. The second-order valence-corrected chi connectivity index (χ2v) is 4.07. The average Bonchev–Trinajstić information content (AvgIpc) is 2.39. The number of rotatable bonds is 3. The zero-order valence-electron chi connectivity index (χ0n) is 10.2. The molecule has 90 valence electrons. The third-order valence-corrected chi connectivity index (χ3v) is 2.83. The Hall–Kier alpha value is -1.77. The van der Waals surface area contributed by atoms with E-state index in [0.717, 1.165) is 24.2 Å². The number of ether oxygens (including phenoxy) is 2. The number of carbonyl (C=O) groups excluding carboxylic acids is 1. The van der Waals surface area contributed by atoms with E-state index in [4.69, 9.17) is 9.47 Å². The van der Waals surface area contributed by atoms with Gasteiger partial charge >= 0.3 is 0 Å². The number of hydrogen-bond acceptors (Lipinski definition) is 3. The van der Waals surface area contributed by atoms with E-state index in [-0.39, 0.29) is 5.78 Å². The van der Waals surface area contributed by atoms with Gasteiger partial charge in [0.25, 0.3) is 0 Å². The molecule has 17 heavy (non-hydrogen) atoms. The van der Waals surface area contributed by atoms with Crippen LogP contribution in [0.2, 0.25) is 0 Å². The van der Waals surface area contributed by atoms with Gasteiger partial charge in [0.1, 0.15) is 5.75 Å². The molecule has 0 fully saturated rings. The molecule has 1 aliphatic rings. The summed E-state index contributed by atoms with van der Waals surface area (Å²) in [6, 6.07) is 5.45. The highest BCUT2D eigenvalue weighted by atomic mass is 16.5. The smallest absolute Gasteiger partial charge is 0.227 e. The standard InChI is InChI=1S/C14H16O3/c1-10-6-7-11(9-13(10)16-2)14(15)12-5-3-4-8-17-12/h5-7,9H,3-4,8H2,1-2H3. The number of carbonyl (C=O) groups is 1. The molecule has 3 nitrogen and oxygen atoms in total. The van der Waals surface area contributed by atoms with Gasteiger partial charge in [0.15, 0.2) is 5.76 Å². The lowest BCUT2D eigenvalue weighted by molar-refractivity contribution is 0.0898. The maximum Gasteiger partial charge on any atom is 0.227 e. The highest BCUT2D eigenvalue weighted by molar-refractivity contribution is 6.07. The molecule has 1 heterocycles. The van der Waals surface area contributed by atoms with Gasteiger partial charge in [0.2, 0.25) is 5.78 Å². The van der Waals surface area contributed by atoms with Crippen LogP contribution in [0, 0.1) is 6.92 Å². The normalized spacial score (nSPS) is 14.8. The first-order valence-electron chi connectivity index (χ1n) is 5.74. The fourth-order valence-electron chi connectivity index (χ4n) is 1.82. The van der Waals surface area contributed by atoms with E-state index < -0.39 is 0 Å². The number of aryl methyl sites for hydroxylation is 1. The van der Waals surface area contributed by atoms with Crippen molar-refractivity contribution >= 4 is 5.78 Å². The summed E-state index contributed by atoms with van der Waals surface area (Å²) in [5.74, 6) is 1.12. The minimum Gasteiger partial charge on any atom is -0.496 e. The van der Waals surface area contributed by atoms with Gasteiger partial charge in [-0.3, -0.25) is 4.79 Å². The molecule has 0 bridgehead atoms. The van der Waals surface area contributed by atoms with Crippen LogP contribution in [0.5, 0.6) is 5.75 Å². The largest absolute Gasteiger partial charge is 0.496 e. The van der Waals surface area contributed by atoms with Crippen molar-refractivity contribution in [1.82, 2.24) is 0 Å². The molecule has 1 aromatic rings. The maximum atomic E-state index is 12.1. The Bertz CT molecular complexity index is 461. The highest BCUT2D eigenvalue weighted by Crippen LogP contribution is 2.22. The number of hydrogen-bond donors (Lipinski definition) is 0. The van der Waals surface area contributed by atoms with Gasteiger partial charge in [-0.1, -0.05) is 12.1 Å². The number of allylic oxidation sites excluding steroid dienone is 2. The lowest BCUT2D eigenvalue weighted by Gasteiger charge is -2.14. The first-order chi connectivity index (χ1) is 8.22. The van der Waals surface area contributed by atoms with E-state index in [1.54, 1.807) is 19.2 Å². The van der Waals surface area contributed by atoms with Crippen molar-refractivity contribution in [1.29, 1.82) is 0 Å². The van der Waals surface area contributed by atoms with Gasteiger partial charge in [-0.2, -0.15) is 0 Å². The van der Waals surface area contributed by atoms with Crippen LogP contribution in [0.4, 0.5) is 0 Å². The molecule has 2 rings (SSSR count). The molecule has 0 aliphatic carbocycles. The molecular formula is C14H16O3. The van der Waals surface area contributed by atoms with E-state index >= 15 is 0 Å². The third kappa shape index (κ3) is 2.49. The Morgan fingerprint density at radius 2 is 2.24 bits per heavy atom. The topological polar surface area (TPSA) is 35.5 Å². The van der Waals surface area contributed by atoms with E-state index in [9.17, 15) is 4.79 Å². The van der Waals surface area contributed by atoms with Crippen LogP contribution in [-0.4, -0.2) is 19.5 Å². The van der Waals surface area contributed by atoms with E-state index in [1.807, 2.05) is 19.1 Å². The van der Waals surface area contributed by atoms with Crippen LogP contribution >= 0.6 is 0 Å². The summed E-state index contributed by atoms with van der Waals surface area (Å²) in [5, 5.41) is 0. The molecule has 1 aliphatic heterocycles. The fraction of sp³-hybridized carbons (Fsp3) is 0.357. The zero-order chi connectivity index (χ0) is 12.3. The molecule has 0 radical (unpaired) electrons. The molecule has 0 saturated heterocycles. The van der Waals surface area contributed by atoms with E-state index in [2.05, 4.69) is 0 Å². The number of methoxy groups -OCH3 is 1. The lowest BCUT2D eigenvalue weighted by atomic mass is 10.0. The van der Waals surface area contributed by atoms with E-state index in [0.29, 0.717) is 17.9 Å². The van der Waals surface area contributed by atoms with Crippen molar-refractivity contribution in [2.24, 2.45) is 0 Å². The number of benzene rings is 1. The van der Waals surface area contributed by atoms with Crippen LogP contribution in [0.25, 0.3) is 0 Å². The number of ketones is 1. The van der Waals surface area contributed by atoms with Gasteiger partial charge in [-0.05, 0) is 37.5 Å². The molecule has 0 saturated carbocycles. The van der Waals surface area contributed by atoms with Gasteiger partial charge in [0, 0.05) is 5.56 Å². The monoisotopic (exact) mass is 232 g/mol. The predicted octanol–water partition coefficient (Wildman–Crippen LogP) is 2.88. The van der Waals surface area contributed by atoms with Crippen LogP contribution in [-0.2, 0) is 4.74 Å². The summed E-state index contributed by atoms with van der Waals surface area (Å²) in [6.45, 7) is 2.57. The molecule has 1 aromatic carbocycles. The number of Topliss-reactive ketones (excluding diaryl/α,β-unsaturated/α-hetero) is 1. The van der Waals surface area contributed by atoms with Crippen LogP contribution < -0.4 is 4.74 Å². The molecular weight excluding hydrogens is 216 g/mol. The fourth-order valence-corrected chi connectivity index (χ4v) is 1.82.